The maximum absolute atomic E-state index is 12.8. The molecular weight excluding hydrogens is 382 g/mol. The molecule has 4 rings (SSSR count). The van der Waals surface area contributed by atoms with Gasteiger partial charge >= 0.3 is 0 Å². The maximum Gasteiger partial charge on any atom is 0.256 e. The van der Waals surface area contributed by atoms with Gasteiger partial charge in [0.2, 0.25) is 0 Å². The Hall–Kier alpha value is -3.61. The number of H-pyrrole nitrogens is 1. The minimum atomic E-state index is -0.184. The van der Waals surface area contributed by atoms with Crippen molar-refractivity contribution in [3.8, 4) is 11.5 Å². The Morgan fingerprint density at radius 1 is 1.03 bits per heavy atom. The van der Waals surface area contributed by atoms with E-state index in [9.17, 15) is 9.59 Å². The number of fused-ring (bicyclic) bond motifs is 1. The molecule has 1 aliphatic rings. The third kappa shape index (κ3) is 4.05. The van der Waals surface area contributed by atoms with Gasteiger partial charge in [-0.1, -0.05) is 12.1 Å². The van der Waals surface area contributed by atoms with Crippen molar-refractivity contribution in [1.29, 1.82) is 0 Å². The number of nitrogens with one attached hydrogen (secondary N) is 1. The van der Waals surface area contributed by atoms with Crippen LogP contribution in [-0.2, 0) is 19.4 Å². The predicted molar refractivity (Wildman–Crippen MR) is 112 cm³/mol. The Kier molecular flexibility index (Phi) is 5.52. The van der Waals surface area contributed by atoms with Crippen LogP contribution in [0.3, 0.4) is 0 Å². The van der Waals surface area contributed by atoms with Gasteiger partial charge in [0.1, 0.15) is 17.3 Å². The second-order valence-corrected chi connectivity index (χ2v) is 7.17. The van der Waals surface area contributed by atoms with Crippen LogP contribution in [0.5, 0.6) is 11.5 Å². The number of rotatable bonds is 5. The van der Waals surface area contributed by atoms with Gasteiger partial charge in [0.05, 0.1) is 32.0 Å². The van der Waals surface area contributed by atoms with Gasteiger partial charge in [-0.3, -0.25) is 9.59 Å². The average Bonchev–Trinajstić information content (AvgIpc) is 2.79. The molecule has 2 aromatic carbocycles. The Bertz CT molecular complexity index is 1100. The molecule has 30 heavy (non-hydrogen) atoms. The number of aromatic nitrogens is 2. The zero-order chi connectivity index (χ0) is 21.1. The summed E-state index contributed by atoms with van der Waals surface area (Å²) >= 11 is 0. The van der Waals surface area contributed by atoms with Crippen molar-refractivity contribution in [2.75, 3.05) is 20.8 Å². The zero-order valence-corrected chi connectivity index (χ0v) is 17.0. The van der Waals surface area contributed by atoms with Crippen molar-refractivity contribution in [3.63, 3.8) is 0 Å². The average molecular weight is 405 g/mol. The van der Waals surface area contributed by atoms with Gasteiger partial charge < -0.3 is 19.4 Å². The molecule has 1 aliphatic heterocycles. The molecule has 0 atom stereocenters. The Balaban J connectivity index is 1.51. The van der Waals surface area contributed by atoms with Crippen molar-refractivity contribution in [2.45, 2.75) is 19.4 Å². The molecule has 0 saturated carbocycles. The van der Waals surface area contributed by atoms with Crippen molar-refractivity contribution >= 4 is 5.91 Å². The molecule has 1 aromatic heterocycles. The molecule has 3 aromatic rings. The van der Waals surface area contributed by atoms with Gasteiger partial charge in [-0.05, 0) is 42.0 Å². The smallest absolute Gasteiger partial charge is 0.256 e. The molecule has 1 N–H and O–H groups in total. The van der Waals surface area contributed by atoms with E-state index in [0.29, 0.717) is 42.1 Å². The van der Waals surface area contributed by atoms with Crippen LogP contribution < -0.4 is 15.0 Å². The fraction of sp³-hybridized carbons (Fsp3) is 0.261. The highest BCUT2D eigenvalue weighted by molar-refractivity contribution is 5.94. The van der Waals surface area contributed by atoms with Gasteiger partial charge in [-0.2, -0.15) is 0 Å². The molecule has 0 radical (unpaired) electrons. The summed E-state index contributed by atoms with van der Waals surface area (Å²) in [6.07, 6.45) is 1.08. The molecule has 0 unspecified atom stereocenters. The van der Waals surface area contributed by atoms with E-state index in [1.54, 1.807) is 43.4 Å². The number of benzene rings is 2. The predicted octanol–water partition coefficient (Wildman–Crippen LogP) is 2.58. The minimum Gasteiger partial charge on any atom is -0.497 e. The summed E-state index contributed by atoms with van der Waals surface area (Å²) in [6, 6.07) is 14.6. The zero-order valence-electron chi connectivity index (χ0n) is 17.0. The molecule has 0 aliphatic carbocycles. The van der Waals surface area contributed by atoms with Crippen molar-refractivity contribution in [3.05, 3.63) is 87.1 Å². The number of amides is 1. The largest absolute Gasteiger partial charge is 0.497 e. The van der Waals surface area contributed by atoms with E-state index in [-0.39, 0.29) is 18.0 Å². The summed E-state index contributed by atoms with van der Waals surface area (Å²) in [5, 5.41) is 0. The number of carbonyl (C=O) groups is 1. The molecule has 0 spiro atoms. The SMILES string of the molecule is COc1ccc(Cc2nc3c(c(=O)[nH]2)CN(C(=O)c2ccc(OC)cc2)CC3)cc1. The number of hydrogen-bond acceptors (Lipinski definition) is 5. The monoisotopic (exact) mass is 405 g/mol. The normalized spacial score (nSPS) is 12.9. The molecule has 0 fully saturated rings. The molecule has 0 bridgehead atoms. The summed E-state index contributed by atoms with van der Waals surface area (Å²) in [5.41, 5.74) is 2.74. The van der Waals surface area contributed by atoms with Gasteiger partial charge in [0.15, 0.2) is 0 Å². The number of ether oxygens (including phenoxy) is 2. The van der Waals surface area contributed by atoms with Crippen LogP contribution in [0.1, 0.15) is 33.0 Å². The van der Waals surface area contributed by atoms with Crippen molar-refractivity contribution in [2.24, 2.45) is 0 Å². The number of hydrogen-bond donors (Lipinski definition) is 1. The molecule has 1 amide bonds. The lowest BCUT2D eigenvalue weighted by molar-refractivity contribution is 0.0732. The second-order valence-electron chi connectivity index (χ2n) is 7.17. The number of methoxy groups -OCH3 is 2. The number of nitrogens with zero attached hydrogens (tertiary/aromatic N) is 2. The summed E-state index contributed by atoms with van der Waals surface area (Å²) in [5.74, 6) is 2.00. The van der Waals surface area contributed by atoms with E-state index < -0.39 is 0 Å². The first-order valence-electron chi connectivity index (χ1n) is 9.74. The van der Waals surface area contributed by atoms with E-state index in [0.717, 1.165) is 17.0 Å². The maximum atomic E-state index is 12.8. The third-order valence-corrected chi connectivity index (χ3v) is 5.27. The Labute approximate surface area is 174 Å². The van der Waals surface area contributed by atoms with Crippen LogP contribution >= 0.6 is 0 Å². The standard InChI is InChI=1S/C23H23N3O4/c1-29-17-7-3-15(4-8-17)13-21-24-20-11-12-26(14-19(20)22(27)25-21)23(28)16-5-9-18(30-2)10-6-16/h3-10H,11-14H2,1-2H3,(H,24,25,27). The second kappa shape index (κ2) is 8.41. The quantitative estimate of drug-likeness (QED) is 0.705. The van der Waals surface area contributed by atoms with Crippen LogP contribution in [0.25, 0.3) is 0 Å². The van der Waals surface area contributed by atoms with Crippen molar-refractivity contribution < 1.29 is 14.3 Å². The molecule has 7 heteroatoms. The molecule has 154 valence electrons. The highest BCUT2D eigenvalue weighted by Gasteiger charge is 2.25. The third-order valence-electron chi connectivity index (χ3n) is 5.27. The van der Waals surface area contributed by atoms with Crippen LogP contribution in [0.15, 0.2) is 53.3 Å². The molecule has 0 saturated heterocycles. The van der Waals surface area contributed by atoms with Crippen LogP contribution in [0, 0.1) is 0 Å². The van der Waals surface area contributed by atoms with Gasteiger partial charge in [0, 0.05) is 24.9 Å². The van der Waals surface area contributed by atoms with Crippen LogP contribution in [-0.4, -0.2) is 41.5 Å². The molecule has 2 heterocycles. The van der Waals surface area contributed by atoms with Gasteiger partial charge in [-0.25, -0.2) is 4.98 Å². The fourth-order valence-corrected chi connectivity index (χ4v) is 3.59. The highest BCUT2D eigenvalue weighted by Crippen LogP contribution is 2.19. The molecular formula is C23H23N3O4. The summed E-state index contributed by atoms with van der Waals surface area (Å²) in [6.45, 7) is 0.779. The van der Waals surface area contributed by atoms with E-state index in [1.165, 1.54) is 0 Å². The van der Waals surface area contributed by atoms with E-state index >= 15 is 0 Å². The first-order valence-corrected chi connectivity index (χ1v) is 9.74. The van der Waals surface area contributed by atoms with Gasteiger partial charge in [0.25, 0.3) is 11.5 Å². The first-order chi connectivity index (χ1) is 14.6. The Morgan fingerprint density at radius 2 is 1.67 bits per heavy atom. The fourth-order valence-electron chi connectivity index (χ4n) is 3.59. The summed E-state index contributed by atoms with van der Waals surface area (Å²) < 4.78 is 10.3. The lowest BCUT2D eigenvalue weighted by Gasteiger charge is -2.28. The van der Waals surface area contributed by atoms with E-state index in [1.807, 2.05) is 24.3 Å². The van der Waals surface area contributed by atoms with E-state index in [2.05, 4.69) is 9.97 Å². The molecule has 7 nitrogen and oxygen atoms in total. The lowest BCUT2D eigenvalue weighted by atomic mass is 10.0. The first kappa shape index (κ1) is 19.7. The number of carbonyl (C=O) groups excluding carboxylic acids is 1. The topological polar surface area (TPSA) is 84.5 Å². The summed E-state index contributed by atoms with van der Waals surface area (Å²) in [7, 11) is 3.21. The number of aromatic amines is 1. The highest BCUT2D eigenvalue weighted by atomic mass is 16.5. The summed E-state index contributed by atoms with van der Waals surface area (Å²) in [4.78, 5) is 34.7. The lowest BCUT2D eigenvalue weighted by Crippen LogP contribution is -2.39. The van der Waals surface area contributed by atoms with Crippen LogP contribution in [0.4, 0.5) is 0 Å². The van der Waals surface area contributed by atoms with Crippen molar-refractivity contribution in [1.82, 2.24) is 14.9 Å². The van der Waals surface area contributed by atoms with Gasteiger partial charge in [-0.15, -0.1) is 0 Å². The minimum absolute atomic E-state index is 0.106. The Morgan fingerprint density at radius 3 is 2.30 bits per heavy atom. The van der Waals surface area contributed by atoms with E-state index in [4.69, 9.17) is 9.47 Å². The van der Waals surface area contributed by atoms with Crippen LogP contribution in [0.2, 0.25) is 0 Å².